The van der Waals surface area contributed by atoms with Crippen LogP contribution in [0.1, 0.15) is 20.7 Å². The maximum absolute atomic E-state index is 12.1. The molecule has 0 spiro atoms. The Hall–Kier alpha value is -2.93. The number of halogens is 1. The Kier molecular flexibility index (Phi) is 4.43. The fourth-order valence-corrected chi connectivity index (χ4v) is 2.50. The van der Waals surface area contributed by atoms with Gasteiger partial charge in [0.25, 0.3) is 11.8 Å². The summed E-state index contributed by atoms with van der Waals surface area (Å²) in [6.07, 6.45) is 0. The summed E-state index contributed by atoms with van der Waals surface area (Å²) in [6.45, 7) is 0. The molecule has 0 unspecified atom stereocenters. The van der Waals surface area contributed by atoms with Gasteiger partial charge in [-0.3, -0.25) is 20.4 Å². The summed E-state index contributed by atoms with van der Waals surface area (Å²) in [5.74, 6) is -1.26. The maximum Gasteiger partial charge on any atom is 0.349 e. The second-order valence-electron chi connectivity index (χ2n) is 4.90. The van der Waals surface area contributed by atoms with Gasteiger partial charge in [0.15, 0.2) is 0 Å². The molecule has 7 heteroatoms. The Morgan fingerprint density at radius 3 is 2.46 bits per heavy atom. The van der Waals surface area contributed by atoms with Gasteiger partial charge in [0.05, 0.1) is 0 Å². The van der Waals surface area contributed by atoms with Crippen molar-refractivity contribution < 1.29 is 14.0 Å². The number of nitrogens with one attached hydrogen (secondary N) is 2. The Morgan fingerprint density at radius 2 is 1.67 bits per heavy atom. The van der Waals surface area contributed by atoms with E-state index >= 15 is 0 Å². The topological polar surface area (TPSA) is 88.4 Å². The Balaban J connectivity index is 1.77. The number of amides is 2. The lowest BCUT2D eigenvalue weighted by Crippen LogP contribution is -2.43. The maximum atomic E-state index is 12.1. The van der Waals surface area contributed by atoms with Crippen molar-refractivity contribution in [3.63, 3.8) is 0 Å². The molecule has 2 amide bonds. The van der Waals surface area contributed by atoms with Crippen molar-refractivity contribution in [2.24, 2.45) is 0 Å². The number of carbonyl (C=O) groups excluding carboxylic acids is 2. The highest BCUT2D eigenvalue weighted by molar-refractivity contribution is 9.10. The van der Waals surface area contributed by atoms with Gasteiger partial charge in [0.2, 0.25) is 0 Å². The molecule has 1 aromatic heterocycles. The zero-order valence-electron chi connectivity index (χ0n) is 12.2. The van der Waals surface area contributed by atoms with Crippen LogP contribution >= 0.6 is 15.9 Å². The molecule has 0 atom stereocenters. The Labute approximate surface area is 144 Å². The molecule has 0 fully saturated rings. The largest absolute Gasteiger partial charge is 0.422 e. The third-order valence-electron chi connectivity index (χ3n) is 3.26. The summed E-state index contributed by atoms with van der Waals surface area (Å²) in [7, 11) is 0. The molecular weight excluding hydrogens is 376 g/mol. The first-order valence-corrected chi connectivity index (χ1v) is 7.73. The normalized spacial score (nSPS) is 10.4. The number of para-hydroxylation sites is 1. The second-order valence-corrected chi connectivity index (χ2v) is 5.82. The summed E-state index contributed by atoms with van der Waals surface area (Å²) in [5.41, 5.74) is 4.24. The summed E-state index contributed by atoms with van der Waals surface area (Å²) in [6, 6.07) is 14.9. The highest BCUT2D eigenvalue weighted by atomic mass is 79.9. The molecule has 24 heavy (non-hydrogen) atoms. The van der Waals surface area contributed by atoms with E-state index in [9.17, 15) is 14.4 Å². The third-order valence-corrected chi connectivity index (χ3v) is 3.76. The molecule has 0 aliphatic carbocycles. The minimum Gasteiger partial charge on any atom is -0.422 e. The number of benzene rings is 2. The molecule has 0 aliphatic rings. The van der Waals surface area contributed by atoms with E-state index in [1.807, 2.05) is 0 Å². The van der Waals surface area contributed by atoms with Crippen molar-refractivity contribution in [3.05, 3.63) is 80.6 Å². The van der Waals surface area contributed by atoms with Gasteiger partial charge in [0.1, 0.15) is 11.1 Å². The summed E-state index contributed by atoms with van der Waals surface area (Å²) >= 11 is 3.26. The van der Waals surface area contributed by atoms with Crippen LogP contribution in [-0.4, -0.2) is 11.8 Å². The number of carbonyl (C=O) groups is 2. The minimum atomic E-state index is -0.775. The van der Waals surface area contributed by atoms with Crippen molar-refractivity contribution in [1.29, 1.82) is 0 Å². The van der Waals surface area contributed by atoms with E-state index in [2.05, 4.69) is 26.8 Å². The summed E-state index contributed by atoms with van der Waals surface area (Å²) in [5, 5.41) is 0.612. The standard InChI is InChI=1S/C17H11BrN2O4/c18-12-6-3-5-11(8-12)15(21)19-20-16(22)13-9-10-4-1-2-7-14(10)24-17(13)23/h1-9H,(H,19,21)(H,20,22). The zero-order valence-corrected chi connectivity index (χ0v) is 13.8. The van der Waals surface area contributed by atoms with Crippen molar-refractivity contribution in [2.75, 3.05) is 0 Å². The van der Waals surface area contributed by atoms with Gasteiger partial charge in [0, 0.05) is 15.4 Å². The predicted octanol–water partition coefficient (Wildman–Crippen LogP) is 2.63. The van der Waals surface area contributed by atoms with Crippen molar-refractivity contribution >= 4 is 38.7 Å². The minimum absolute atomic E-state index is 0.191. The number of rotatable bonds is 2. The van der Waals surface area contributed by atoms with Crippen LogP contribution in [0.3, 0.4) is 0 Å². The second kappa shape index (κ2) is 6.67. The summed E-state index contributed by atoms with van der Waals surface area (Å²) < 4.78 is 5.82. The predicted molar refractivity (Wildman–Crippen MR) is 91.6 cm³/mol. The molecule has 3 rings (SSSR count). The van der Waals surface area contributed by atoms with Gasteiger partial charge < -0.3 is 4.42 Å². The quantitative estimate of drug-likeness (QED) is 0.523. The molecule has 0 bridgehead atoms. The smallest absolute Gasteiger partial charge is 0.349 e. The number of hydrogen-bond acceptors (Lipinski definition) is 4. The molecule has 1 heterocycles. The van der Waals surface area contributed by atoms with Crippen LogP contribution in [0.5, 0.6) is 0 Å². The fraction of sp³-hybridized carbons (Fsp3) is 0. The van der Waals surface area contributed by atoms with Crippen molar-refractivity contribution in [3.8, 4) is 0 Å². The average Bonchev–Trinajstić information content (AvgIpc) is 2.58. The van der Waals surface area contributed by atoms with Crippen LogP contribution in [0, 0.1) is 0 Å². The van der Waals surface area contributed by atoms with Crippen molar-refractivity contribution in [1.82, 2.24) is 10.9 Å². The number of hydrazine groups is 1. The van der Waals surface area contributed by atoms with Gasteiger partial charge in [-0.25, -0.2) is 4.79 Å². The summed E-state index contributed by atoms with van der Waals surface area (Å²) in [4.78, 5) is 36.0. The van der Waals surface area contributed by atoms with Gasteiger partial charge in [-0.2, -0.15) is 0 Å². The first-order chi connectivity index (χ1) is 11.5. The fourth-order valence-electron chi connectivity index (χ4n) is 2.10. The van der Waals surface area contributed by atoms with E-state index in [0.717, 1.165) is 4.47 Å². The lowest BCUT2D eigenvalue weighted by molar-refractivity contribution is 0.0844. The van der Waals surface area contributed by atoms with E-state index < -0.39 is 17.4 Å². The molecule has 2 N–H and O–H groups in total. The van der Waals surface area contributed by atoms with Crippen LogP contribution in [0.25, 0.3) is 11.0 Å². The molecule has 0 radical (unpaired) electrons. The first kappa shape index (κ1) is 15.9. The van der Waals surface area contributed by atoms with E-state index in [0.29, 0.717) is 16.5 Å². The lowest BCUT2D eigenvalue weighted by Gasteiger charge is -2.07. The number of hydrogen-bond donors (Lipinski definition) is 2. The van der Waals surface area contributed by atoms with E-state index in [-0.39, 0.29) is 5.56 Å². The van der Waals surface area contributed by atoms with Gasteiger partial charge in [-0.1, -0.05) is 40.2 Å². The number of fused-ring (bicyclic) bond motifs is 1. The molecule has 0 saturated carbocycles. The van der Waals surface area contributed by atoms with Crippen LogP contribution in [0.15, 0.2) is 68.3 Å². The van der Waals surface area contributed by atoms with Crippen LogP contribution < -0.4 is 16.5 Å². The molecule has 6 nitrogen and oxygen atoms in total. The van der Waals surface area contributed by atoms with Crippen LogP contribution in [0.4, 0.5) is 0 Å². The molecule has 0 saturated heterocycles. The zero-order chi connectivity index (χ0) is 17.1. The highest BCUT2D eigenvalue weighted by Crippen LogP contribution is 2.13. The van der Waals surface area contributed by atoms with Crippen LogP contribution in [0.2, 0.25) is 0 Å². The Morgan fingerprint density at radius 1 is 0.917 bits per heavy atom. The molecular formula is C17H11BrN2O4. The average molecular weight is 387 g/mol. The van der Waals surface area contributed by atoms with E-state index in [4.69, 9.17) is 4.42 Å². The van der Waals surface area contributed by atoms with Gasteiger partial charge in [-0.05, 0) is 30.3 Å². The first-order valence-electron chi connectivity index (χ1n) is 6.94. The molecule has 0 aliphatic heterocycles. The van der Waals surface area contributed by atoms with Gasteiger partial charge in [-0.15, -0.1) is 0 Å². The lowest BCUT2D eigenvalue weighted by atomic mass is 10.2. The molecule has 120 valence electrons. The Bertz CT molecular complexity index is 997. The third kappa shape index (κ3) is 3.36. The molecule has 3 aromatic rings. The van der Waals surface area contributed by atoms with Crippen molar-refractivity contribution in [2.45, 2.75) is 0 Å². The van der Waals surface area contributed by atoms with E-state index in [1.54, 1.807) is 48.5 Å². The monoisotopic (exact) mass is 386 g/mol. The van der Waals surface area contributed by atoms with Gasteiger partial charge >= 0.3 is 5.63 Å². The van der Waals surface area contributed by atoms with Crippen LogP contribution in [-0.2, 0) is 0 Å². The molecule has 2 aromatic carbocycles. The highest BCUT2D eigenvalue weighted by Gasteiger charge is 2.15. The SMILES string of the molecule is O=C(NNC(=O)c1cc2ccccc2oc1=O)c1cccc(Br)c1. The van der Waals surface area contributed by atoms with E-state index in [1.165, 1.54) is 6.07 Å².